The number of aliphatic imine (C=N–C) groups is 1. The number of hydrogen-bond acceptors (Lipinski definition) is 10. The van der Waals surface area contributed by atoms with Crippen LogP contribution in [-0.2, 0) is 6.42 Å². The van der Waals surface area contributed by atoms with Crippen LogP contribution in [0.4, 0.5) is 28.4 Å². The second-order valence-electron chi connectivity index (χ2n) is 10.7. The number of rotatable bonds is 8. The molecule has 0 fully saturated rings. The number of thiophene rings is 2. The second-order valence-corrected chi connectivity index (χ2v) is 12.3. The van der Waals surface area contributed by atoms with Gasteiger partial charge in [-0.15, -0.1) is 0 Å². The van der Waals surface area contributed by atoms with E-state index in [9.17, 15) is 0 Å². The molecule has 0 unspecified atom stereocenters. The second kappa shape index (κ2) is 10.7. The van der Waals surface area contributed by atoms with E-state index in [2.05, 4.69) is 78.5 Å². The lowest BCUT2D eigenvalue weighted by atomic mass is 10.0. The van der Waals surface area contributed by atoms with E-state index in [4.69, 9.17) is 19.9 Å². The molecule has 46 heavy (non-hydrogen) atoms. The summed E-state index contributed by atoms with van der Waals surface area (Å²) in [6, 6.07) is 20.6. The average molecular weight is 637 g/mol. The largest absolute Gasteiger partial charge is 0.355 e. The van der Waals surface area contributed by atoms with Crippen molar-refractivity contribution in [1.29, 1.82) is 0 Å². The quantitative estimate of drug-likeness (QED) is 0.161. The number of anilines is 4. The van der Waals surface area contributed by atoms with Gasteiger partial charge in [-0.3, -0.25) is 9.56 Å². The van der Waals surface area contributed by atoms with Gasteiger partial charge in [-0.1, -0.05) is 18.2 Å². The number of nitrogens with one attached hydrogen (secondary N) is 2. The molecule has 0 atom stereocenters. The van der Waals surface area contributed by atoms with E-state index < -0.39 is 0 Å². The highest BCUT2D eigenvalue weighted by Crippen LogP contribution is 2.37. The number of benzene rings is 2. The molecule has 9 rings (SSSR count). The standard InChI is InChI=1S/C34H24N10S2/c1-2-35-25-5-3-6-26(39-20-11-13-45-16-20)24(25)15-29-22-9-10-23-30(22)44-33(41-29)36-18-37-34(44)42-32(23)43-19-38-27-7-4-8-28(31(27)43)40-21-12-14-46-17-21/h2-14,16-19,39-40H,15H2,1H3/b35-2-. The summed E-state index contributed by atoms with van der Waals surface area (Å²) in [5.41, 5.74) is 9.62. The first-order valence-corrected chi connectivity index (χ1v) is 16.5. The van der Waals surface area contributed by atoms with Crippen LogP contribution in [0.5, 0.6) is 0 Å². The summed E-state index contributed by atoms with van der Waals surface area (Å²) in [5.74, 6) is 1.80. The molecule has 3 aromatic carbocycles. The number of aromatic nitrogens is 7. The lowest BCUT2D eigenvalue weighted by Crippen LogP contribution is -2.09. The van der Waals surface area contributed by atoms with E-state index in [0.29, 0.717) is 18.0 Å². The molecular formula is C34H24N10S2. The van der Waals surface area contributed by atoms with Crippen molar-refractivity contribution in [3.8, 4) is 5.82 Å². The summed E-state index contributed by atoms with van der Waals surface area (Å²) in [6.45, 7) is 1.93. The van der Waals surface area contributed by atoms with E-state index in [1.807, 2.05) is 52.7 Å². The molecule has 0 spiro atoms. The summed E-state index contributed by atoms with van der Waals surface area (Å²) in [6.07, 6.45) is 5.73. The van der Waals surface area contributed by atoms with Crippen molar-refractivity contribution in [2.45, 2.75) is 13.3 Å². The normalized spacial score (nSPS) is 12.0. The van der Waals surface area contributed by atoms with Crippen LogP contribution in [0.1, 0.15) is 18.2 Å². The Bertz CT molecular complexity index is 2530. The molecule has 222 valence electrons. The zero-order valence-corrected chi connectivity index (χ0v) is 26.0. The van der Waals surface area contributed by atoms with Gasteiger partial charge in [0.05, 0.1) is 33.6 Å². The van der Waals surface area contributed by atoms with Crippen molar-refractivity contribution < 1.29 is 0 Å². The molecule has 6 aromatic heterocycles. The lowest BCUT2D eigenvalue weighted by Gasteiger charge is -2.16. The SMILES string of the molecule is C/C=N\c1cccc(Nc2ccsc2)c1Cc1nc2ncnc3nc(-n4cnc5cccc(Nc6ccsc6)c54)c4ccc1c4n23. The first-order chi connectivity index (χ1) is 22.7. The van der Waals surface area contributed by atoms with E-state index >= 15 is 0 Å². The van der Waals surface area contributed by atoms with Crippen molar-refractivity contribution in [1.82, 2.24) is 33.9 Å². The summed E-state index contributed by atoms with van der Waals surface area (Å²) in [5, 5.41) is 17.4. The smallest absolute Gasteiger partial charge is 0.240 e. The molecule has 9 aromatic rings. The highest BCUT2D eigenvalue weighted by Gasteiger charge is 2.22. The van der Waals surface area contributed by atoms with Gasteiger partial charge in [-0.05, 0) is 60.1 Å². The van der Waals surface area contributed by atoms with Crippen molar-refractivity contribution in [3.05, 3.63) is 106 Å². The monoisotopic (exact) mass is 636 g/mol. The molecule has 0 aliphatic carbocycles. The minimum atomic E-state index is 0.517. The third-order valence-electron chi connectivity index (χ3n) is 8.05. The van der Waals surface area contributed by atoms with Gasteiger partial charge in [-0.2, -0.15) is 27.7 Å². The molecule has 0 aliphatic heterocycles. The average Bonchev–Trinajstić information content (AvgIpc) is 3.90. The number of fused-ring (bicyclic) bond motifs is 1. The van der Waals surface area contributed by atoms with Crippen LogP contribution >= 0.6 is 22.7 Å². The van der Waals surface area contributed by atoms with Gasteiger partial charge in [0.25, 0.3) is 0 Å². The summed E-state index contributed by atoms with van der Waals surface area (Å²) < 4.78 is 3.99. The van der Waals surface area contributed by atoms with E-state index in [1.165, 1.54) is 6.33 Å². The predicted octanol–water partition coefficient (Wildman–Crippen LogP) is 8.53. The molecule has 2 N–H and O–H groups in total. The third-order valence-corrected chi connectivity index (χ3v) is 9.42. The molecule has 0 amide bonds. The van der Waals surface area contributed by atoms with Crippen LogP contribution < -0.4 is 10.6 Å². The Morgan fingerprint density at radius 1 is 0.783 bits per heavy atom. The van der Waals surface area contributed by atoms with Gasteiger partial charge in [0, 0.05) is 56.8 Å². The number of imidazole rings is 1. The summed E-state index contributed by atoms with van der Waals surface area (Å²) >= 11 is 3.31. The zero-order chi connectivity index (χ0) is 30.6. The maximum Gasteiger partial charge on any atom is 0.240 e. The molecule has 12 heteroatoms. The summed E-state index contributed by atoms with van der Waals surface area (Å²) in [4.78, 5) is 28.8. The van der Waals surface area contributed by atoms with Crippen LogP contribution in [0.15, 0.2) is 99.8 Å². The van der Waals surface area contributed by atoms with Gasteiger partial charge in [0.15, 0.2) is 5.82 Å². The zero-order valence-electron chi connectivity index (χ0n) is 24.4. The first kappa shape index (κ1) is 26.7. The van der Waals surface area contributed by atoms with E-state index in [0.717, 1.165) is 72.8 Å². The fourth-order valence-corrected chi connectivity index (χ4v) is 7.26. The van der Waals surface area contributed by atoms with Crippen LogP contribution in [0.3, 0.4) is 0 Å². The van der Waals surface area contributed by atoms with Crippen molar-refractivity contribution in [3.63, 3.8) is 0 Å². The minimum Gasteiger partial charge on any atom is -0.355 e. The lowest BCUT2D eigenvalue weighted by molar-refractivity contribution is 0.962. The highest BCUT2D eigenvalue weighted by molar-refractivity contribution is 7.08. The first-order valence-electron chi connectivity index (χ1n) is 14.6. The molecule has 0 radical (unpaired) electrons. The molecule has 0 saturated carbocycles. The molecule has 0 bridgehead atoms. The molecule has 10 nitrogen and oxygen atoms in total. The van der Waals surface area contributed by atoms with E-state index in [-0.39, 0.29) is 0 Å². The molecule has 6 heterocycles. The van der Waals surface area contributed by atoms with Crippen molar-refractivity contribution in [2.24, 2.45) is 4.99 Å². The number of para-hydroxylation sites is 1. The van der Waals surface area contributed by atoms with Gasteiger partial charge >= 0.3 is 0 Å². The van der Waals surface area contributed by atoms with Crippen molar-refractivity contribution in [2.75, 3.05) is 10.6 Å². The third kappa shape index (κ3) is 4.30. The molecule has 0 aliphatic rings. The molecular weight excluding hydrogens is 613 g/mol. The van der Waals surface area contributed by atoms with Crippen LogP contribution in [0.2, 0.25) is 0 Å². The topological polar surface area (TPSA) is 110 Å². The fraction of sp³-hybridized carbons (Fsp3) is 0.0588. The Kier molecular flexibility index (Phi) is 6.21. The van der Waals surface area contributed by atoms with E-state index in [1.54, 1.807) is 22.7 Å². The number of hydrogen-bond donors (Lipinski definition) is 2. The van der Waals surface area contributed by atoms with Gasteiger partial charge < -0.3 is 10.6 Å². The van der Waals surface area contributed by atoms with Gasteiger partial charge in [0.1, 0.15) is 12.7 Å². The Labute approximate surface area is 270 Å². The fourth-order valence-electron chi connectivity index (χ4n) is 6.09. The Balaban J connectivity index is 1.25. The summed E-state index contributed by atoms with van der Waals surface area (Å²) in [7, 11) is 0. The van der Waals surface area contributed by atoms with Crippen LogP contribution in [0, 0.1) is 0 Å². The maximum atomic E-state index is 5.08. The maximum absolute atomic E-state index is 5.08. The minimum absolute atomic E-state index is 0.517. The highest BCUT2D eigenvalue weighted by atomic mass is 32.1. The van der Waals surface area contributed by atoms with Crippen LogP contribution in [0.25, 0.3) is 44.7 Å². The van der Waals surface area contributed by atoms with Gasteiger partial charge in [0.2, 0.25) is 11.6 Å². The Morgan fingerprint density at radius 3 is 2.30 bits per heavy atom. The molecule has 0 saturated heterocycles. The predicted molar refractivity (Wildman–Crippen MR) is 188 cm³/mol. The van der Waals surface area contributed by atoms with Crippen LogP contribution in [-0.4, -0.2) is 40.1 Å². The van der Waals surface area contributed by atoms with Gasteiger partial charge in [-0.25, -0.2) is 24.3 Å². The van der Waals surface area contributed by atoms with Crippen molar-refractivity contribution >= 4 is 96.2 Å². The Morgan fingerprint density at radius 2 is 1.52 bits per heavy atom. The number of nitrogens with zero attached hydrogens (tertiary/aromatic N) is 8. The Hall–Kier alpha value is -5.72.